The molecule has 5 heteroatoms. The minimum atomic E-state index is -0.136. The monoisotopic (exact) mass is 338 g/mol. The van der Waals surface area contributed by atoms with Gasteiger partial charge < -0.3 is 4.74 Å². The van der Waals surface area contributed by atoms with Crippen LogP contribution in [0.3, 0.4) is 0 Å². The summed E-state index contributed by atoms with van der Waals surface area (Å²) in [6.07, 6.45) is 0. The maximum absolute atomic E-state index is 12.3. The summed E-state index contributed by atoms with van der Waals surface area (Å²) in [5, 5.41) is 2.62. The summed E-state index contributed by atoms with van der Waals surface area (Å²) in [7, 11) is 1.72. The van der Waals surface area contributed by atoms with Crippen LogP contribution in [0, 0.1) is 6.92 Å². The average molecular weight is 338 g/mol. The number of aryl methyl sites for hydroxylation is 1. The van der Waals surface area contributed by atoms with Gasteiger partial charge in [-0.3, -0.25) is 9.69 Å². The molecule has 0 aliphatic heterocycles. The van der Waals surface area contributed by atoms with Crippen molar-refractivity contribution >= 4 is 22.4 Å². The number of para-hydroxylation sites is 1. The van der Waals surface area contributed by atoms with E-state index in [9.17, 15) is 4.79 Å². The summed E-state index contributed by atoms with van der Waals surface area (Å²) in [5.74, 6) is 0.544. The Bertz CT molecular complexity index is 813. The topological polar surface area (TPSA) is 42.4 Å². The van der Waals surface area contributed by atoms with Crippen molar-refractivity contribution in [1.29, 1.82) is 0 Å². The van der Waals surface area contributed by atoms with Crippen LogP contribution in [-0.4, -0.2) is 24.5 Å². The molecular weight excluding hydrogens is 320 g/mol. The second-order valence-electron chi connectivity index (χ2n) is 5.44. The van der Waals surface area contributed by atoms with Crippen LogP contribution in [0.25, 0.3) is 11.3 Å². The van der Waals surface area contributed by atoms with Crippen molar-refractivity contribution in [2.75, 3.05) is 18.6 Å². The van der Waals surface area contributed by atoms with Gasteiger partial charge in [-0.05, 0) is 19.1 Å². The SMILES string of the molecule is Cc1ccc(-c2csc(N(C)C(=O)COc3ccccc3)n2)cc1. The zero-order chi connectivity index (χ0) is 16.9. The molecule has 3 aromatic rings. The van der Waals surface area contributed by atoms with Gasteiger partial charge in [0.05, 0.1) is 5.69 Å². The van der Waals surface area contributed by atoms with Crippen molar-refractivity contribution in [3.05, 3.63) is 65.5 Å². The number of anilines is 1. The fraction of sp³-hybridized carbons (Fsp3) is 0.158. The number of carbonyl (C=O) groups excluding carboxylic acids is 1. The first-order chi connectivity index (χ1) is 11.6. The molecule has 1 amide bonds. The van der Waals surface area contributed by atoms with Crippen molar-refractivity contribution in [3.8, 4) is 17.0 Å². The quantitative estimate of drug-likeness (QED) is 0.701. The molecule has 0 radical (unpaired) electrons. The predicted molar refractivity (Wildman–Crippen MR) is 97.6 cm³/mol. The summed E-state index contributed by atoms with van der Waals surface area (Å²) in [4.78, 5) is 18.4. The fourth-order valence-corrected chi connectivity index (χ4v) is 2.96. The number of benzene rings is 2. The number of ether oxygens (including phenoxy) is 1. The molecule has 1 aromatic heterocycles. The van der Waals surface area contributed by atoms with Gasteiger partial charge in [-0.15, -0.1) is 11.3 Å². The van der Waals surface area contributed by atoms with Gasteiger partial charge in [-0.2, -0.15) is 0 Å². The molecule has 0 saturated heterocycles. The van der Waals surface area contributed by atoms with E-state index < -0.39 is 0 Å². The number of carbonyl (C=O) groups is 1. The molecule has 0 spiro atoms. The Morgan fingerprint density at radius 2 is 1.83 bits per heavy atom. The molecule has 0 saturated carbocycles. The summed E-state index contributed by atoms with van der Waals surface area (Å²) < 4.78 is 5.50. The minimum absolute atomic E-state index is 0.0139. The maximum atomic E-state index is 12.3. The smallest absolute Gasteiger partial charge is 0.266 e. The number of thiazole rings is 1. The lowest BCUT2D eigenvalue weighted by Gasteiger charge is -2.14. The molecule has 122 valence electrons. The Balaban J connectivity index is 1.65. The van der Waals surface area contributed by atoms with E-state index in [1.54, 1.807) is 7.05 Å². The van der Waals surface area contributed by atoms with Gasteiger partial charge in [0.2, 0.25) is 0 Å². The summed E-state index contributed by atoms with van der Waals surface area (Å²) in [6.45, 7) is 2.04. The zero-order valence-electron chi connectivity index (χ0n) is 13.6. The Morgan fingerprint density at radius 3 is 2.54 bits per heavy atom. The van der Waals surface area contributed by atoms with Crippen LogP contribution < -0.4 is 9.64 Å². The van der Waals surface area contributed by atoms with E-state index in [0.717, 1.165) is 11.3 Å². The number of hydrogen-bond donors (Lipinski definition) is 0. The number of rotatable bonds is 5. The Kier molecular flexibility index (Phi) is 4.91. The lowest BCUT2D eigenvalue weighted by Crippen LogP contribution is -2.31. The summed E-state index contributed by atoms with van der Waals surface area (Å²) in [6, 6.07) is 17.5. The first-order valence-electron chi connectivity index (χ1n) is 7.60. The van der Waals surface area contributed by atoms with E-state index in [0.29, 0.717) is 10.9 Å². The third-order valence-electron chi connectivity index (χ3n) is 3.61. The van der Waals surface area contributed by atoms with E-state index >= 15 is 0 Å². The first kappa shape index (κ1) is 16.2. The highest BCUT2D eigenvalue weighted by atomic mass is 32.1. The maximum Gasteiger partial charge on any atom is 0.266 e. The molecule has 0 bridgehead atoms. The molecule has 4 nitrogen and oxygen atoms in total. The van der Waals surface area contributed by atoms with E-state index in [1.807, 2.05) is 47.8 Å². The molecule has 3 rings (SSSR count). The molecular formula is C19H18N2O2S. The van der Waals surface area contributed by atoms with E-state index in [2.05, 4.69) is 24.0 Å². The van der Waals surface area contributed by atoms with Crippen molar-refractivity contribution in [3.63, 3.8) is 0 Å². The van der Waals surface area contributed by atoms with Gasteiger partial charge in [0.1, 0.15) is 5.75 Å². The Labute approximate surface area is 145 Å². The normalized spacial score (nSPS) is 10.4. The molecule has 0 aliphatic carbocycles. The number of likely N-dealkylation sites (N-methyl/N-ethyl adjacent to an activating group) is 1. The molecule has 0 fully saturated rings. The van der Waals surface area contributed by atoms with Crippen LogP contribution in [0.15, 0.2) is 60.0 Å². The minimum Gasteiger partial charge on any atom is -0.484 e. The molecule has 0 atom stereocenters. The number of hydrogen-bond acceptors (Lipinski definition) is 4. The number of aromatic nitrogens is 1. The largest absolute Gasteiger partial charge is 0.484 e. The zero-order valence-corrected chi connectivity index (χ0v) is 14.4. The Morgan fingerprint density at radius 1 is 1.12 bits per heavy atom. The van der Waals surface area contributed by atoms with Gasteiger partial charge in [0.25, 0.3) is 5.91 Å². The molecule has 0 unspecified atom stereocenters. The Hall–Kier alpha value is -2.66. The van der Waals surface area contributed by atoms with E-state index in [4.69, 9.17) is 4.74 Å². The first-order valence-corrected chi connectivity index (χ1v) is 8.48. The van der Waals surface area contributed by atoms with Crippen LogP contribution in [0.1, 0.15) is 5.56 Å². The molecule has 1 heterocycles. The van der Waals surface area contributed by atoms with Crippen LogP contribution >= 0.6 is 11.3 Å². The summed E-state index contributed by atoms with van der Waals surface area (Å²) in [5.41, 5.74) is 3.13. The lowest BCUT2D eigenvalue weighted by atomic mass is 10.1. The molecule has 0 aliphatic rings. The van der Waals surface area contributed by atoms with Crippen LogP contribution in [-0.2, 0) is 4.79 Å². The lowest BCUT2D eigenvalue weighted by molar-refractivity contribution is -0.120. The van der Waals surface area contributed by atoms with Crippen molar-refractivity contribution < 1.29 is 9.53 Å². The average Bonchev–Trinajstić information content (AvgIpc) is 3.10. The van der Waals surface area contributed by atoms with Gasteiger partial charge in [-0.1, -0.05) is 48.0 Å². The van der Waals surface area contributed by atoms with Gasteiger partial charge in [0.15, 0.2) is 11.7 Å². The molecule has 0 N–H and O–H groups in total. The van der Waals surface area contributed by atoms with Crippen LogP contribution in [0.5, 0.6) is 5.75 Å². The standard InChI is InChI=1S/C19H18N2O2S/c1-14-8-10-15(11-9-14)17-13-24-19(20-17)21(2)18(22)12-23-16-6-4-3-5-7-16/h3-11,13H,12H2,1-2H3. The highest BCUT2D eigenvalue weighted by Crippen LogP contribution is 2.27. The third-order valence-corrected chi connectivity index (χ3v) is 4.52. The predicted octanol–water partition coefficient (Wildman–Crippen LogP) is 4.16. The number of amides is 1. The van der Waals surface area contributed by atoms with E-state index in [-0.39, 0.29) is 12.5 Å². The van der Waals surface area contributed by atoms with Crippen molar-refractivity contribution in [2.24, 2.45) is 0 Å². The molecule has 2 aromatic carbocycles. The van der Waals surface area contributed by atoms with Crippen molar-refractivity contribution in [1.82, 2.24) is 4.98 Å². The molecule has 24 heavy (non-hydrogen) atoms. The third kappa shape index (κ3) is 3.81. The second kappa shape index (κ2) is 7.27. The van der Waals surface area contributed by atoms with Gasteiger partial charge in [0, 0.05) is 18.0 Å². The highest BCUT2D eigenvalue weighted by Gasteiger charge is 2.15. The van der Waals surface area contributed by atoms with Crippen LogP contribution in [0.2, 0.25) is 0 Å². The fourth-order valence-electron chi connectivity index (χ4n) is 2.14. The number of nitrogens with zero attached hydrogens (tertiary/aromatic N) is 2. The highest BCUT2D eigenvalue weighted by molar-refractivity contribution is 7.14. The van der Waals surface area contributed by atoms with Crippen LogP contribution in [0.4, 0.5) is 5.13 Å². The van der Waals surface area contributed by atoms with Gasteiger partial charge in [-0.25, -0.2) is 4.98 Å². The van der Waals surface area contributed by atoms with E-state index in [1.165, 1.54) is 21.8 Å². The van der Waals surface area contributed by atoms with Gasteiger partial charge >= 0.3 is 0 Å². The summed E-state index contributed by atoms with van der Waals surface area (Å²) >= 11 is 1.45. The van der Waals surface area contributed by atoms with Crippen molar-refractivity contribution in [2.45, 2.75) is 6.92 Å². The second-order valence-corrected chi connectivity index (χ2v) is 6.27.